The highest BCUT2D eigenvalue weighted by Gasteiger charge is 2.10. The molecule has 0 amide bonds. The van der Waals surface area contributed by atoms with E-state index < -0.39 is 12.6 Å². The van der Waals surface area contributed by atoms with E-state index in [1.807, 2.05) is 19.1 Å². The molecule has 7 nitrogen and oxygen atoms in total. The number of aromatic nitrogens is 3. The van der Waals surface area contributed by atoms with Crippen LogP contribution in [-0.2, 0) is 16.1 Å². The van der Waals surface area contributed by atoms with Gasteiger partial charge in [-0.1, -0.05) is 5.16 Å². The summed E-state index contributed by atoms with van der Waals surface area (Å²) < 4.78 is 9.76. The molecule has 2 aromatic heterocycles. The minimum Gasteiger partial charge on any atom is -0.480 e. The molecule has 0 saturated heterocycles. The lowest BCUT2D eigenvalue weighted by atomic mass is 10.2. The van der Waals surface area contributed by atoms with E-state index in [9.17, 15) is 4.79 Å². The molecule has 0 fully saturated rings. The maximum absolute atomic E-state index is 10.3. The molecule has 0 saturated carbocycles. The minimum absolute atomic E-state index is 0.0366. The Hall–Kier alpha value is -2.28. The van der Waals surface area contributed by atoms with E-state index in [2.05, 4.69) is 15.1 Å². The fraction of sp³-hybridized carbons (Fsp3) is 0.273. The second kappa shape index (κ2) is 5.37. The summed E-state index contributed by atoms with van der Waals surface area (Å²) in [7, 11) is 0. The number of rotatable bonds is 5. The third kappa shape index (κ3) is 3.11. The van der Waals surface area contributed by atoms with E-state index >= 15 is 0 Å². The molecule has 0 aliphatic heterocycles. The van der Waals surface area contributed by atoms with Crippen LogP contribution in [-0.4, -0.2) is 32.8 Å². The van der Waals surface area contributed by atoms with Crippen molar-refractivity contribution >= 4 is 5.97 Å². The molecular weight excluding hydrogens is 238 g/mol. The minimum atomic E-state index is -1.05. The lowest BCUT2D eigenvalue weighted by Crippen LogP contribution is -2.06. The summed E-state index contributed by atoms with van der Waals surface area (Å²) in [6, 6.07) is 3.69. The van der Waals surface area contributed by atoms with Gasteiger partial charge in [-0.2, -0.15) is 4.98 Å². The van der Waals surface area contributed by atoms with Crippen LogP contribution in [0.5, 0.6) is 0 Å². The summed E-state index contributed by atoms with van der Waals surface area (Å²) in [5.41, 5.74) is 1.64. The quantitative estimate of drug-likeness (QED) is 0.845. The van der Waals surface area contributed by atoms with Gasteiger partial charge in [0.1, 0.15) is 18.9 Å². The Morgan fingerprint density at radius 2 is 2.39 bits per heavy atom. The van der Waals surface area contributed by atoms with Crippen LogP contribution >= 0.6 is 0 Å². The normalized spacial score (nSPS) is 10.5. The van der Waals surface area contributed by atoms with Crippen molar-refractivity contribution in [2.45, 2.75) is 13.5 Å². The number of pyridine rings is 1. The maximum atomic E-state index is 10.3. The number of aryl methyl sites for hydroxylation is 1. The molecule has 94 valence electrons. The standard InChI is InChI=1S/C11H11N3O4/c1-7-2-3-12-8(4-7)11-13-9(18-14-11)5-17-6-10(15)16/h2-4H,5-6H2,1H3,(H,15,16). The number of carboxylic acids is 1. The van der Waals surface area contributed by atoms with Gasteiger partial charge < -0.3 is 14.4 Å². The molecule has 0 aliphatic carbocycles. The number of hydrogen-bond donors (Lipinski definition) is 1. The molecule has 0 atom stereocenters. The Balaban J connectivity index is 2.04. The number of ether oxygens (including phenoxy) is 1. The summed E-state index contributed by atoms with van der Waals surface area (Å²) in [6.45, 7) is 1.49. The van der Waals surface area contributed by atoms with Gasteiger partial charge in [0, 0.05) is 6.20 Å². The summed E-state index contributed by atoms with van der Waals surface area (Å²) in [6.07, 6.45) is 1.65. The molecule has 0 unspecified atom stereocenters. The van der Waals surface area contributed by atoms with Gasteiger partial charge in [0.05, 0.1) is 0 Å². The van der Waals surface area contributed by atoms with Crippen LogP contribution in [0.25, 0.3) is 11.5 Å². The van der Waals surface area contributed by atoms with Gasteiger partial charge in [-0.3, -0.25) is 4.98 Å². The maximum Gasteiger partial charge on any atom is 0.329 e. The smallest absolute Gasteiger partial charge is 0.329 e. The number of aliphatic carboxylic acids is 1. The third-order valence-electron chi connectivity index (χ3n) is 2.06. The highest BCUT2D eigenvalue weighted by Crippen LogP contribution is 2.14. The van der Waals surface area contributed by atoms with E-state index in [4.69, 9.17) is 14.4 Å². The van der Waals surface area contributed by atoms with Crippen LogP contribution < -0.4 is 0 Å². The van der Waals surface area contributed by atoms with E-state index in [0.29, 0.717) is 11.5 Å². The lowest BCUT2D eigenvalue weighted by molar-refractivity contribution is -0.142. The summed E-state index contributed by atoms with van der Waals surface area (Å²) in [5, 5.41) is 12.2. The fourth-order valence-corrected chi connectivity index (χ4v) is 1.30. The van der Waals surface area contributed by atoms with Gasteiger partial charge in [-0.05, 0) is 24.6 Å². The average molecular weight is 249 g/mol. The Morgan fingerprint density at radius 1 is 1.56 bits per heavy atom. The molecule has 0 aromatic carbocycles. The number of nitrogens with zero attached hydrogens (tertiary/aromatic N) is 3. The van der Waals surface area contributed by atoms with Crippen molar-refractivity contribution in [3.8, 4) is 11.5 Å². The van der Waals surface area contributed by atoms with Crippen molar-refractivity contribution in [3.63, 3.8) is 0 Å². The largest absolute Gasteiger partial charge is 0.480 e. The first-order valence-electron chi connectivity index (χ1n) is 5.20. The van der Waals surface area contributed by atoms with Crippen LogP contribution in [0.1, 0.15) is 11.5 Å². The zero-order valence-corrected chi connectivity index (χ0v) is 9.66. The van der Waals surface area contributed by atoms with Gasteiger partial charge in [-0.25, -0.2) is 4.79 Å². The van der Waals surface area contributed by atoms with E-state index in [1.54, 1.807) is 6.20 Å². The molecule has 2 heterocycles. The predicted octanol–water partition coefficient (Wildman–Crippen LogP) is 1.04. The first-order chi connectivity index (χ1) is 8.65. The highest BCUT2D eigenvalue weighted by atomic mass is 16.5. The molecule has 7 heteroatoms. The molecule has 0 aliphatic rings. The second-order valence-corrected chi connectivity index (χ2v) is 3.62. The van der Waals surface area contributed by atoms with Crippen LogP contribution in [0, 0.1) is 6.92 Å². The fourth-order valence-electron chi connectivity index (χ4n) is 1.30. The predicted molar refractivity (Wildman–Crippen MR) is 59.6 cm³/mol. The first-order valence-corrected chi connectivity index (χ1v) is 5.20. The SMILES string of the molecule is Cc1ccnc(-c2noc(COCC(=O)O)n2)c1. The molecule has 1 N–H and O–H groups in total. The zero-order chi connectivity index (χ0) is 13.0. The molecule has 0 bridgehead atoms. The van der Waals surface area contributed by atoms with Crippen molar-refractivity contribution < 1.29 is 19.2 Å². The van der Waals surface area contributed by atoms with Crippen molar-refractivity contribution in [1.29, 1.82) is 0 Å². The Morgan fingerprint density at radius 3 is 3.11 bits per heavy atom. The summed E-state index contributed by atoms with van der Waals surface area (Å²) >= 11 is 0. The molecule has 18 heavy (non-hydrogen) atoms. The van der Waals surface area contributed by atoms with Gasteiger partial charge >= 0.3 is 5.97 Å². The van der Waals surface area contributed by atoms with Crippen molar-refractivity contribution in [1.82, 2.24) is 15.1 Å². The van der Waals surface area contributed by atoms with Crippen molar-refractivity contribution in [2.75, 3.05) is 6.61 Å². The lowest BCUT2D eigenvalue weighted by Gasteiger charge is -1.95. The number of carbonyl (C=O) groups is 1. The van der Waals surface area contributed by atoms with Crippen LogP contribution in [0.3, 0.4) is 0 Å². The Kier molecular flexibility index (Phi) is 3.63. The number of hydrogen-bond acceptors (Lipinski definition) is 6. The van der Waals surface area contributed by atoms with Gasteiger partial charge in [0.25, 0.3) is 5.89 Å². The Labute approximate surface area is 102 Å². The molecule has 0 spiro atoms. The van der Waals surface area contributed by atoms with Gasteiger partial charge in [0.15, 0.2) is 0 Å². The highest BCUT2D eigenvalue weighted by molar-refractivity contribution is 5.67. The summed E-state index contributed by atoms with van der Waals surface area (Å²) in [4.78, 5) is 18.4. The van der Waals surface area contributed by atoms with E-state index in [-0.39, 0.29) is 12.5 Å². The second-order valence-electron chi connectivity index (χ2n) is 3.62. The summed E-state index contributed by atoms with van der Waals surface area (Å²) in [5.74, 6) is -0.475. The van der Waals surface area contributed by atoms with Crippen LogP contribution in [0.4, 0.5) is 0 Å². The molecule has 2 aromatic rings. The third-order valence-corrected chi connectivity index (χ3v) is 2.06. The molecule has 2 rings (SSSR count). The van der Waals surface area contributed by atoms with Crippen molar-refractivity contribution in [2.24, 2.45) is 0 Å². The van der Waals surface area contributed by atoms with Crippen LogP contribution in [0.15, 0.2) is 22.9 Å². The number of carboxylic acid groups (broad SMARTS) is 1. The topological polar surface area (TPSA) is 98.3 Å². The molecular formula is C11H11N3O4. The average Bonchev–Trinajstić information content (AvgIpc) is 2.77. The Bertz CT molecular complexity index is 553. The van der Waals surface area contributed by atoms with Crippen LogP contribution in [0.2, 0.25) is 0 Å². The van der Waals surface area contributed by atoms with E-state index in [1.165, 1.54) is 0 Å². The van der Waals surface area contributed by atoms with Gasteiger partial charge in [-0.15, -0.1) is 0 Å². The molecule has 0 radical (unpaired) electrons. The zero-order valence-electron chi connectivity index (χ0n) is 9.66. The first kappa shape index (κ1) is 12.2. The van der Waals surface area contributed by atoms with Gasteiger partial charge in [0.2, 0.25) is 5.82 Å². The van der Waals surface area contributed by atoms with E-state index in [0.717, 1.165) is 5.56 Å². The monoisotopic (exact) mass is 249 g/mol. The van der Waals surface area contributed by atoms with Crippen molar-refractivity contribution in [3.05, 3.63) is 29.8 Å².